The first-order valence-electron chi connectivity index (χ1n) is 5.52. The maximum Gasteiger partial charge on any atom is 0.194 e. The molecule has 0 amide bonds. The molecule has 1 aromatic rings. The van der Waals surface area contributed by atoms with Crippen molar-refractivity contribution in [3.05, 3.63) is 17.8 Å². The van der Waals surface area contributed by atoms with Gasteiger partial charge >= 0.3 is 0 Å². The van der Waals surface area contributed by atoms with E-state index in [0.717, 1.165) is 44.1 Å². The van der Waals surface area contributed by atoms with Crippen LogP contribution < -0.4 is 5.32 Å². The van der Waals surface area contributed by atoms with Crippen molar-refractivity contribution < 1.29 is 9.15 Å². The predicted octanol–water partition coefficient (Wildman–Crippen LogP) is 1.41. The number of aromatic nitrogens is 1. The highest BCUT2D eigenvalue weighted by molar-refractivity contribution is 4.94. The van der Waals surface area contributed by atoms with Gasteiger partial charge in [0, 0.05) is 19.4 Å². The zero-order valence-electron chi connectivity index (χ0n) is 9.58. The molecule has 4 heteroatoms. The molecular weight excluding hydrogens is 192 g/mol. The van der Waals surface area contributed by atoms with Crippen LogP contribution in [0.3, 0.4) is 0 Å². The molecule has 0 bridgehead atoms. The molecule has 86 valence electrons. The molecule has 0 aromatic carbocycles. The first kappa shape index (κ1) is 12.2. The van der Waals surface area contributed by atoms with Gasteiger partial charge in [-0.05, 0) is 26.9 Å². The molecular formula is C11H20N2O2. The molecule has 1 aromatic heterocycles. The van der Waals surface area contributed by atoms with Crippen molar-refractivity contribution in [1.29, 1.82) is 0 Å². The Kier molecular flexibility index (Phi) is 6.04. The second kappa shape index (κ2) is 7.43. The molecule has 0 unspecified atom stereocenters. The molecule has 0 aliphatic rings. The van der Waals surface area contributed by atoms with E-state index in [4.69, 9.17) is 9.15 Å². The van der Waals surface area contributed by atoms with Crippen molar-refractivity contribution in [1.82, 2.24) is 10.3 Å². The highest BCUT2D eigenvalue weighted by Crippen LogP contribution is 2.06. The van der Waals surface area contributed by atoms with Crippen molar-refractivity contribution in [2.75, 3.05) is 26.8 Å². The lowest BCUT2D eigenvalue weighted by Crippen LogP contribution is -2.08. The summed E-state index contributed by atoms with van der Waals surface area (Å²) in [5.74, 6) is 1.75. The van der Waals surface area contributed by atoms with Gasteiger partial charge < -0.3 is 14.5 Å². The monoisotopic (exact) mass is 212 g/mol. The number of hydrogen-bond acceptors (Lipinski definition) is 4. The van der Waals surface area contributed by atoms with Gasteiger partial charge in [0.1, 0.15) is 5.76 Å². The van der Waals surface area contributed by atoms with Crippen molar-refractivity contribution in [3.8, 4) is 0 Å². The molecule has 0 radical (unpaired) electrons. The number of ether oxygens (including phenoxy) is 1. The Morgan fingerprint density at radius 1 is 1.47 bits per heavy atom. The van der Waals surface area contributed by atoms with E-state index in [1.54, 1.807) is 6.20 Å². The fourth-order valence-electron chi connectivity index (χ4n) is 1.31. The second-order valence-electron chi connectivity index (χ2n) is 3.37. The van der Waals surface area contributed by atoms with E-state index in [9.17, 15) is 0 Å². The van der Waals surface area contributed by atoms with E-state index < -0.39 is 0 Å². The molecule has 0 saturated carbocycles. The molecule has 0 spiro atoms. The molecule has 1 N–H and O–H groups in total. The van der Waals surface area contributed by atoms with Crippen molar-refractivity contribution in [2.45, 2.75) is 26.2 Å². The van der Waals surface area contributed by atoms with Gasteiger partial charge in [0.05, 0.1) is 12.8 Å². The minimum absolute atomic E-state index is 0.710. The average Bonchev–Trinajstić information content (AvgIpc) is 2.67. The van der Waals surface area contributed by atoms with E-state index >= 15 is 0 Å². The van der Waals surface area contributed by atoms with Crippen LogP contribution >= 0.6 is 0 Å². The van der Waals surface area contributed by atoms with Crippen LogP contribution in [0.4, 0.5) is 0 Å². The Labute approximate surface area is 91.0 Å². The maximum atomic E-state index is 5.56. The number of nitrogens with zero attached hydrogens (tertiary/aromatic N) is 1. The zero-order valence-corrected chi connectivity index (χ0v) is 9.58. The smallest absolute Gasteiger partial charge is 0.194 e. The lowest BCUT2D eigenvalue weighted by Gasteiger charge is -1.97. The van der Waals surface area contributed by atoms with Gasteiger partial charge in [-0.1, -0.05) is 0 Å². The Hall–Kier alpha value is -0.870. The summed E-state index contributed by atoms with van der Waals surface area (Å²) in [5, 5.41) is 3.10. The van der Waals surface area contributed by atoms with Crippen LogP contribution in [-0.4, -0.2) is 31.8 Å². The molecule has 1 rings (SSSR count). The summed E-state index contributed by atoms with van der Waals surface area (Å²) in [6.07, 6.45) is 4.57. The third-order valence-electron chi connectivity index (χ3n) is 2.12. The molecule has 0 aliphatic heterocycles. The number of aryl methyl sites for hydroxylation is 1. The van der Waals surface area contributed by atoms with E-state index in [-0.39, 0.29) is 0 Å². The Bertz CT molecular complexity index is 236. The van der Waals surface area contributed by atoms with Crippen LogP contribution in [0.2, 0.25) is 0 Å². The topological polar surface area (TPSA) is 47.3 Å². The van der Waals surface area contributed by atoms with Crippen molar-refractivity contribution >= 4 is 0 Å². The van der Waals surface area contributed by atoms with Gasteiger partial charge in [-0.3, -0.25) is 0 Å². The Morgan fingerprint density at radius 2 is 2.33 bits per heavy atom. The highest BCUT2D eigenvalue weighted by Gasteiger charge is 2.03. The van der Waals surface area contributed by atoms with Crippen molar-refractivity contribution in [3.63, 3.8) is 0 Å². The number of hydrogen-bond donors (Lipinski definition) is 1. The average molecular weight is 212 g/mol. The molecule has 4 nitrogen and oxygen atoms in total. The molecule has 15 heavy (non-hydrogen) atoms. The van der Waals surface area contributed by atoms with Gasteiger partial charge in [0.25, 0.3) is 0 Å². The molecule has 0 saturated heterocycles. The molecule has 0 fully saturated rings. The minimum Gasteiger partial charge on any atom is -0.446 e. The molecule has 1 heterocycles. The lowest BCUT2D eigenvalue weighted by molar-refractivity contribution is 0.146. The number of rotatable bonds is 8. The van der Waals surface area contributed by atoms with Crippen LogP contribution in [0.1, 0.15) is 25.0 Å². The van der Waals surface area contributed by atoms with Gasteiger partial charge in [-0.25, -0.2) is 4.98 Å². The maximum absolute atomic E-state index is 5.56. The summed E-state index contributed by atoms with van der Waals surface area (Å²) in [7, 11) is 1.95. The third kappa shape index (κ3) is 4.95. The van der Waals surface area contributed by atoms with Gasteiger partial charge in [-0.15, -0.1) is 0 Å². The normalized spacial score (nSPS) is 10.8. The minimum atomic E-state index is 0.710. The standard InChI is InChI=1S/C11H20N2O2/c1-3-14-8-6-10-9-13-11(15-10)5-4-7-12-2/h9,12H,3-8H2,1-2H3. The van der Waals surface area contributed by atoms with Gasteiger partial charge in [0.2, 0.25) is 0 Å². The first-order chi connectivity index (χ1) is 7.36. The van der Waals surface area contributed by atoms with Crippen LogP contribution in [-0.2, 0) is 17.6 Å². The lowest BCUT2D eigenvalue weighted by atomic mass is 10.3. The fourth-order valence-corrected chi connectivity index (χ4v) is 1.31. The second-order valence-corrected chi connectivity index (χ2v) is 3.37. The summed E-state index contributed by atoms with van der Waals surface area (Å²) in [4.78, 5) is 4.22. The summed E-state index contributed by atoms with van der Waals surface area (Å²) in [6.45, 7) is 4.45. The van der Waals surface area contributed by atoms with Crippen molar-refractivity contribution in [2.24, 2.45) is 0 Å². The number of oxazole rings is 1. The van der Waals surface area contributed by atoms with Crippen LogP contribution in [0.5, 0.6) is 0 Å². The SMILES string of the molecule is CCOCCc1cnc(CCCNC)o1. The van der Waals surface area contributed by atoms with Crippen LogP contribution in [0.15, 0.2) is 10.6 Å². The van der Waals surface area contributed by atoms with Crippen LogP contribution in [0.25, 0.3) is 0 Å². The summed E-state index contributed by atoms with van der Waals surface area (Å²) >= 11 is 0. The van der Waals surface area contributed by atoms with Gasteiger partial charge in [-0.2, -0.15) is 0 Å². The predicted molar refractivity (Wildman–Crippen MR) is 58.9 cm³/mol. The quantitative estimate of drug-likeness (QED) is 0.662. The third-order valence-corrected chi connectivity index (χ3v) is 2.12. The first-order valence-corrected chi connectivity index (χ1v) is 5.52. The zero-order chi connectivity index (χ0) is 10.9. The van der Waals surface area contributed by atoms with Gasteiger partial charge in [0.15, 0.2) is 5.89 Å². The van der Waals surface area contributed by atoms with Crippen LogP contribution in [0, 0.1) is 0 Å². The summed E-state index contributed by atoms with van der Waals surface area (Å²) in [6, 6.07) is 0. The highest BCUT2D eigenvalue weighted by atomic mass is 16.5. The van der Waals surface area contributed by atoms with E-state index in [1.165, 1.54) is 0 Å². The largest absolute Gasteiger partial charge is 0.446 e. The Morgan fingerprint density at radius 3 is 3.07 bits per heavy atom. The molecule has 0 atom stereocenters. The van der Waals surface area contributed by atoms with E-state index in [1.807, 2.05) is 14.0 Å². The van der Waals surface area contributed by atoms with E-state index in [0.29, 0.717) is 6.61 Å². The molecule has 0 aliphatic carbocycles. The van der Waals surface area contributed by atoms with E-state index in [2.05, 4.69) is 10.3 Å². The fraction of sp³-hybridized carbons (Fsp3) is 0.727. The summed E-state index contributed by atoms with van der Waals surface area (Å²) in [5.41, 5.74) is 0. The Balaban J connectivity index is 2.23. The summed E-state index contributed by atoms with van der Waals surface area (Å²) < 4.78 is 10.8. The number of nitrogens with one attached hydrogen (secondary N) is 1.